The minimum absolute atomic E-state index is 0.285. The Morgan fingerprint density at radius 1 is 1.24 bits per heavy atom. The molecule has 0 radical (unpaired) electrons. The molecule has 0 fully saturated rings. The zero-order chi connectivity index (χ0) is 15.6. The van der Waals surface area contributed by atoms with Crippen molar-refractivity contribution in [1.29, 1.82) is 0 Å². The van der Waals surface area contributed by atoms with Gasteiger partial charge in [-0.25, -0.2) is 13.1 Å². The highest BCUT2D eigenvalue weighted by Crippen LogP contribution is 2.26. The molecule has 1 aromatic heterocycles. The predicted molar refractivity (Wildman–Crippen MR) is 91.5 cm³/mol. The summed E-state index contributed by atoms with van der Waals surface area (Å²) in [6, 6.07) is 5.58. The molecular formula is C14H17BrN2O2S2. The fourth-order valence-corrected chi connectivity index (χ4v) is 5.17. The molecule has 1 heterocycles. The topological polar surface area (TPSA) is 58.2 Å². The number of nitrogens with one attached hydrogen (secondary N) is 2. The summed E-state index contributed by atoms with van der Waals surface area (Å²) in [7, 11) is -1.72. The Morgan fingerprint density at radius 2 is 1.86 bits per heavy atom. The van der Waals surface area contributed by atoms with E-state index in [-0.39, 0.29) is 6.54 Å². The average Bonchev–Trinajstić information content (AvgIpc) is 2.80. The molecule has 1 aromatic carbocycles. The number of thiophene rings is 1. The molecule has 114 valence electrons. The number of hydrogen-bond acceptors (Lipinski definition) is 4. The van der Waals surface area contributed by atoms with Gasteiger partial charge in [-0.3, -0.25) is 0 Å². The van der Waals surface area contributed by atoms with E-state index in [1.165, 1.54) is 11.3 Å². The van der Waals surface area contributed by atoms with Crippen LogP contribution < -0.4 is 10.0 Å². The molecule has 4 nitrogen and oxygen atoms in total. The molecule has 0 saturated carbocycles. The number of halogens is 1. The number of sulfonamides is 1. The van der Waals surface area contributed by atoms with Crippen LogP contribution in [-0.4, -0.2) is 15.5 Å². The number of hydrogen-bond donors (Lipinski definition) is 2. The maximum Gasteiger partial charge on any atom is 0.241 e. The number of anilines is 1. The van der Waals surface area contributed by atoms with Crippen LogP contribution in [0.3, 0.4) is 0 Å². The van der Waals surface area contributed by atoms with E-state index in [0.717, 1.165) is 26.2 Å². The molecule has 0 bridgehead atoms. The second-order valence-electron chi connectivity index (χ2n) is 4.71. The zero-order valence-electron chi connectivity index (χ0n) is 12.0. The first kappa shape index (κ1) is 16.5. The monoisotopic (exact) mass is 388 g/mol. The Kier molecular flexibility index (Phi) is 5.08. The Balaban J connectivity index is 2.30. The lowest BCUT2D eigenvalue weighted by Crippen LogP contribution is -2.24. The smallest absolute Gasteiger partial charge is 0.241 e. The minimum atomic E-state index is -3.53. The van der Waals surface area contributed by atoms with E-state index in [1.807, 2.05) is 44.5 Å². The quantitative estimate of drug-likeness (QED) is 0.821. The van der Waals surface area contributed by atoms with E-state index in [4.69, 9.17) is 0 Å². The van der Waals surface area contributed by atoms with Gasteiger partial charge in [0.05, 0.1) is 4.90 Å². The van der Waals surface area contributed by atoms with Crippen molar-refractivity contribution in [3.05, 3.63) is 44.1 Å². The maximum atomic E-state index is 12.5. The average molecular weight is 389 g/mol. The fourth-order valence-electron chi connectivity index (χ4n) is 2.20. The van der Waals surface area contributed by atoms with Crippen LogP contribution in [0.1, 0.15) is 16.0 Å². The summed E-state index contributed by atoms with van der Waals surface area (Å²) in [5.41, 5.74) is 2.37. The van der Waals surface area contributed by atoms with Crippen molar-refractivity contribution in [2.24, 2.45) is 0 Å². The van der Waals surface area contributed by atoms with Crippen molar-refractivity contribution in [3.8, 4) is 0 Å². The van der Waals surface area contributed by atoms with Crippen molar-refractivity contribution in [3.63, 3.8) is 0 Å². The Morgan fingerprint density at radius 3 is 2.33 bits per heavy atom. The minimum Gasteiger partial charge on any atom is -0.388 e. The Hall–Kier alpha value is -0.890. The molecule has 7 heteroatoms. The first-order chi connectivity index (χ1) is 9.85. The molecule has 0 saturated heterocycles. The summed E-state index contributed by atoms with van der Waals surface area (Å²) in [4.78, 5) is 1.31. The van der Waals surface area contributed by atoms with Gasteiger partial charge in [0.1, 0.15) is 0 Å². The second kappa shape index (κ2) is 6.48. The lowest BCUT2D eigenvalue weighted by molar-refractivity contribution is 0.580. The molecule has 0 amide bonds. The van der Waals surface area contributed by atoms with Crippen molar-refractivity contribution < 1.29 is 8.42 Å². The lowest BCUT2D eigenvalue weighted by atomic mass is 10.1. The van der Waals surface area contributed by atoms with Gasteiger partial charge in [0.15, 0.2) is 0 Å². The highest BCUT2D eigenvalue weighted by Gasteiger charge is 2.20. The van der Waals surface area contributed by atoms with Gasteiger partial charge in [0, 0.05) is 28.6 Å². The third-order valence-electron chi connectivity index (χ3n) is 3.13. The molecular weight excluding hydrogens is 372 g/mol. The van der Waals surface area contributed by atoms with Gasteiger partial charge < -0.3 is 5.32 Å². The highest BCUT2D eigenvalue weighted by atomic mass is 79.9. The largest absolute Gasteiger partial charge is 0.388 e. The van der Waals surface area contributed by atoms with Gasteiger partial charge >= 0.3 is 0 Å². The summed E-state index contributed by atoms with van der Waals surface area (Å²) in [5.74, 6) is 0. The Labute approximate surface area is 137 Å². The second-order valence-corrected chi connectivity index (χ2v) is 8.26. The summed E-state index contributed by atoms with van der Waals surface area (Å²) in [5, 5.41) is 4.95. The molecule has 0 atom stereocenters. The van der Waals surface area contributed by atoms with E-state index < -0.39 is 10.0 Å². The van der Waals surface area contributed by atoms with Gasteiger partial charge in [-0.05, 0) is 64.5 Å². The van der Waals surface area contributed by atoms with Crippen molar-refractivity contribution >= 4 is 43.0 Å². The fraction of sp³-hybridized carbons (Fsp3) is 0.286. The van der Waals surface area contributed by atoms with E-state index in [9.17, 15) is 8.42 Å². The lowest BCUT2D eigenvalue weighted by Gasteiger charge is -2.14. The van der Waals surface area contributed by atoms with Crippen molar-refractivity contribution in [1.82, 2.24) is 4.72 Å². The number of benzene rings is 1. The normalized spacial score (nSPS) is 11.6. The first-order valence-electron chi connectivity index (χ1n) is 6.35. The highest BCUT2D eigenvalue weighted by molar-refractivity contribution is 9.10. The van der Waals surface area contributed by atoms with Crippen molar-refractivity contribution in [2.75, 3.05) is 12.4 Å². The van der Waals surface area contributed by atoms with Gasteiger partial charge in [0.25, 0.3) is 0 Å². The van der Waals surface area contributed by atoms with Crippen LogP contribution >= 0.6 is 27.3 Å². The number of rotatable bonds is 5. The van der Waals surface area contributed by atoms with Gasteiger partial charge in [0.2, 0.25) is 10.0 Å². The van der Waals surface area contributed by atoms with Crippen molar-refractivity contribution in [2.45, 2.75) is 25.3 Å². The third-order valence-corrected chi connectivity index (χ3v) is 6.76. The Bertz CT molecular complexity index is 731. The molecule has 0 aliphatic carbocycles. The number of aryl methyl sites for hydroxylation is 2. The van der Waals surface area contributed by atoms with E-state index >= 15 is 0 Å². The maximum absolute atomic E-state index is 12.5. The molecule has 0 aliphatic heterocycles. The first-order valence-corrected chi connectivity index (χ1v) is 9.51. The molecule has 21 heavy (non-hydrogen) atoms. The van der Waals surface area contributed by atoms with Crippen LogP contribution in [0.5, 0.6) is 0 Å². The van der Waals surface area contributed by atoms with E-state index in [0.29, 0.717) is 4.90 Å². The molecule has 0 aliphatic rings. The zero-order valence-corrected chi connectivity index (χ0v) is 15.2. The van der Waals surface area contributed by atoms with Crippen LogP contribution in [0.4, 0.5) is 5.69 Å². The van der Waals surface area contributed by atoms with E-state index in [2.05, 4.69) is 26.0 Å². The van der Waals surface area contributed by atoms with E-state index in [1.54, 1.807) is 0 Å². The SMILES string of the molecule is CNc1cc(C)c(S(=O)(=O)NCc2sccc2Br)c(C)c1. The van der Waals surface area contributed by atoms with Crippen LogP contribution in [0.15, 0.2) is 32.9 Å². The summed E-state index contributed by atoms with van der Waals surface area (Å²) in [6.45, 7) is 3.90. The predicted octanol–water partition coefficient (Wildman–Crippen LogP) is 3.65. The van der Waals surface area contributed by atoms with Crippen LogP contribution in [0.2, 0.25) is 0 Å². The van der Waals surface area contributed by atoms with Gasteiger partial charge in [-0.15, -0.1) is 11.3 Å². The van der Waals surface area contributed by atoms with Crippen LogP contribution in [-0.2, 0) is 16.6 Å². The summed E-state index contributed by atoms with van der Waals surface area (Å²) < 4.78 is 28.7. The third kappa shape index (κ3) is 3.66. The van der Waals surface area contributed by atoms with Crippen LogP contribution in [0.25, 0.3) is 0 Å². The van der Waals surface area contributed by atoms with Gasteiger partial charge in [-0.1, -0.05) is 0 Å². The molecule has 2 N–H and O–H groups in total. The summed E-state index contributed by atoms with van der Waals surface area (Å²) >= 11 is 4.92. The van der Waals surface area contributed by atoms with Crippen LogP contribution in [0, 0.1) is 13.8 Å². The standard InChI is InChI=1S/C14H17BrN2O2S2/c1-9-6-11(16-3)7-10(2)14(9)21(18,19)17-8-13-12(15)4-5-20-13/h4-7,16-17H,8H2,1-3H3. The van der Waals surface area contributed by atoms with Gasteiger partial charge in [-0.2, -0.15) is 0 Å². The molecule has 0 spiro atoms. The summed E-state index contributed by atoms with van der Waals surface area (Å²) in [6.07, 6.45) is 0. The molecule has 2 rings (SSSR count). The molecule has 2 aromatic rings. The molecule has 0 unspecified atom stereocenters.